The number of nitrogens with one attached hydrogen (secondary N) is 1. The molecule has 4 heterocycles. The summed E-state index contributed by atoms with van der Waals surface area (Å²) in [4.78, 5) is 22.8. The molecule has 0 amide bonds. The minimum Gasteiger partial charge on any atom is -0.438 e. The van der Waals surface area contributed by atoms with Crippen LogP contribution in [0.1, 0.15) is 5.56 Å². The van der Waals surface area contributed by atoms with Crippen LogP contribution in [0, 0.1) is 16.7 Å². The first-order valence-corrected chi connectivity index (χ1v) is 13.0. The molecule has 0 aliphatic carbocycles. The predicted octanol–water partition coefficient (Wildman–Crippen LogP) is 5.48. The van der Waals surface area contributed by atoms with Crippen LogP contribution in [0.2, 0.25) is 0 Å². The first-order chi connectivity index (χ1) is 20.5. The van der Waals surface area contributed by atoms with Gasteiger partial charge in [0.1, 0.15) is 23.0 Å². The molecular weight excluding hydrogens is 526 g/mol. The maximum atomic E-state index is 13.7. The monoisotopic (exact) mass is 547 g/mol. The number of nitrogens with zero attached hydrogens (tertiary/aromatic N) is 4. The van der Waals surface area contributed by atoms with E-state index >= 15 is 0 Å². The zero-order chi connectivity index (χ0) is 29.0. The van der Waals surface area contributed by atoms with Gasteiger partial charge in [-0.05, 0) is 41.5 Å². The lowest BCUT2D eigenvalue weighted by molar-refractivity contribution is 0.535. The number of aromatic nitrogens is 3. The number of rotatable bonds is 3. The van der Waals surface area contributed by atoms with Crippen LogP contribution in [0.25, 0.3) is 61.3 Å². The molecule has 3 aromatic carbocycles. The van der Waals surface area contributed by atoms with Gasteiger partial charge in [0.25, 0.3) is 5.56 Å². The van der Waals surface area contributed by atoms with Gasteiger partial charge in [-0.1, -0.05) is 66.7 Å². The van der Waals surface area contributed by atoms with Crippen molar-refractivity contribution < 1.29 is 4.42 Å². The lowest BCUT2D eigenvalue weighted by atomic mass is 9.93. The molecular formula is C33H21N7O2. The average molecular weight is 548 g/mol. The Bertz CT molecular complexity index is 2320. The molecule has 0 atom stereocenters. The Balaban J connectivity index is 1.75. The van der Waals surface area contributed by atoms with Crippen LogP contribution >= 0.6 is 0 Å². The van der Waals surface area contributed by atoms with Crippen molar-refractivity contribution in [2.45, 2.75) is 0 Å². The van der Waals surface area contributed by atoms with E-state index in [0.29, 0.717) is 39.5 Å². The normalized spacial score (nSPS) is 11.2. The van der Waals surface area contributed by atoms with Crippen molar-refractivity contribution in [3.05, 3.63) is 119 Å². The predicted molar refractivity (Wildman–Crippen MR) is 162 cm³/mol. The number of hydrogen-bond donors (Lipinski definition) is 3. The number of para-hydroxylation sites is 2. The number of nitrogen functional groups attached to an aromatic ring is 2. The molecule has 0 radical (unpaired) electrons. The first-order valence-electron chi connectivity index (χ1n) is 13.0. The number of nitriles is 1. The number of hydrogen-bond acceptors (Lipinski definition) is 8. The number of benzene rings is 3. The van der Waals surface area contributed by atoms with Crippen molar-refractivity contribution in [2.24, 2.45) is 0 Å². The zero-order valence-electron chi connectivity index (χ0n) is 22.0. The van der Waals surface area contributed by atoms with Crippen LogP contribution in [-0.2, 0) is 0 Å². The van der Waals surface area contributed by atoms with Crippen molar-refractivity contribution in [2.75, 3.05) is 11.5 Å². The van der Waals surface area contributed by atoms with Gasteiger partial charge in [0, 0.05) is 11.1 Å². The summed E-state index contributed by atoms with van der Waals surface area (Å²) < 4.78 is 7.75. The summed E-state index contributed by atoms with van der Waals surface area (Å²) in [6.45, 7) is 0. The van der Waals surface area contributed by atoms with Crippen molar-refractivity contribution in [1.29, 1.82) is 10.7 Å². The van der Waals surface area contributed by atoms with Gasteiger partial charge >= 0.3 is 0 Å². The third kappa shape index (κ3) is 3.71. The topological polar surface area (TPSA) is 161 Å². The van der Waals surface area contributed by atoms with Crippen molar-refractivity contribution in [3.63, 3.8) is 0 Å². The second-order valence-corrected chi connectivity index (χ2v) is 9.74. The Morgan fingerprint density at radius 1 is 0.857 bits per heavy atom. The minimum absolute atomic E-state index is 0.0275. The van der Waals surface area contributed by atoms with E-state index in [2.05, 4.69) is 9.97 Å². The summed E-state index contributed by atoms with van der Waals surface area (Å²) in [6, 6.07) is 32.3. The molecule has 200 valence electrons. The highest BCUT2D eigenvalue weighted by Crippen LogP contribution is 2.42. The Hall–Kier alpha value is -6.27. The fraction of sp³-hybridized carbons (Fsp3) is 0. The highest BCUT2D eigenvalue weighted by atomic mass is 16.3. The van der Waals surface area contributed by atoms with Gasteiger partial charge < -0.3 is 15.9 Å². The van der Waals surface area contributed by atoms with E-state index in [1.54, 1.807) is 0 Å². The third-order valence-corrected chi connectivity index (χ3v) is 7.31. The summed E-state index contributed by atoms with van der Waals surface area (Å²) in [7, 11) is 0. The SMILES string of the molecule is N#Cc1c(N)nc2c3c(-c4ccccc4)cc(-c4cc5ccccc5oc4=N)n(-c4ccccc4)c-3nc(=O)c2c1N. The summed E-state index contributed by atoms with van der Waals surface area (Å²) in [5.74, 6) is 0.212. The Morgan fingerprint density at radius 2 is 1.55 bits per heavy atom. The Kier molecular flexibility index (Phi) is 5.56. The van der Waals surface area contributed by atoms with E-state index in [-0.39, 0.29) is 33.5 Å². The van der Waals surface area contributed by atoms with Gasteiger partial charge in [-0.3, -0.25) is 14.8 Å². The molecule has 42 heavy (non-hydrogen) atoms. The number of anilines is 2. The van der Waals surface area contributed by atoms with E-state index in [0.717, 1.165) is 10.9 Å². The standard InChI is InChI=1S/C33H21N7O2/c34-17-23-28(35)27-29(38-30(23)36)26-21(18-9-3-1-4-10-18)16-24(22-15-19-11-7-8-14-25(19)42-31(22)37)40(32(26)39-33(27)41)20-12-5-2-6-13-20/h1-16,37H,(H4,35,36,38). The van der Waals surface area contributed by atoms with Gasteiger partial charge in [-0.25, -0.2) is 4.98 Å². The molecule has 0 bridgehead atoms. The van der Waals surface area contributed by atoms with Crippen molar-refractivity contribution in [3.8, 4) is 45.5 Å². The van der Waals surface area contributed by atoms with Gasteiger partial charge in [0.05, 0.1) is 33.4 Å². The van der Waals surface area contributed by atoms with Crippen LogP contribution in [0.15, 0.2) is 106 Å². The lowest BCUT2D eigenvalue weighted by Gasteiger charge is -2.24. The minimum atomic E-state index is -0.644. The molecule has 2 aliphatic rings. The molecule has 7 rings (SSSR count). The molecule has 0 saturated heterocycles. The van der Waals surface area contributed by atoms with Crippen LogP contribution < -0.4 is 22.6 Å². The maximum Gasteiger partial charge on any atom is 0.283 e. The Labute approximate surface area is 238 Å². The van der Waals surface area contributed by atoms with Crippen LogP contribution in [0.3, 0.4) is 0 Å². The van der Waals surface area contributed by atoms with Gasteiger partial charge in [0.2, 0.25) is 5.55 Å². The Morgan fingerprint density at radius 3 is 2.29 bits per heavy atom. The van der Waals surface area contributed by atoms with Gasteiger partial charge in [0.15, 0.2) is 5.82 Å². The largest absolute Gasteiger partial charge is 0.438 e. The van der Waals surface area contributed by atoms with E-state index in [1.165, 1.54) is 0 Å². The zero-order valence-corrected chi connectivity index (χ0v) is 22.0. The first kappa shape index (κ1) is 24.7. The molecule has 9 heteroatoms. The van der Waals surface area contributed by atoms with Crippen molar-refractivity contribution in [1.82, 2.24) is 14.5 Å². The molecule has 2 aromatic heterocycles. The van der Waals surface area contributed by atoms with E-state index in [1.807, 2.05) is 108 Å². The van der Waals surface area contributed by atoms with Gasteiger partial charge in [-0.15, -0.1) is 0 Å². The smallest absolute Gasteiger partial charge is 0.283 e. The van der Waals surface area contributed by atoms with Crippen molar-refractivity contribution >= 4 is 33.4 Å². The molecule has 9 nitrogen and oxygen atoms in total. The van der Waals surface area contributed by atoms with Gasteiger partial charge in [-0.2, -0.15) is 10.2 Å². The van der Waals surface area contributed by atoms with Crippen LogP contribution in [0.4, 0.5) is 11.5 Å². The highest BCUT2D eigenvalue weighted by molar-refractivity contribution is 6.07. The van der Waals surface area contributed by atoms with Crippen LogP contribution in [-0.4, -0.2) is 14.5 Å². The maximum absolute atomic E-state index is 13.7. The van der Waals surface area contributed by atoms with Crippen LogP contribution in [0.5, 0.6) is 0 Å². The molecule has 5 N–H and O–H groups in total. The molecule has 0 spiro atoms. The molecule has 0 unspecified atom stereocenters. The molecule has 5 aromatic rings. The number of nitrogens with two attached hydrogens (primary N) is 2. The lowest BCUT2D eigenvalue weighted by Crippen LogP contribution is -2.20. The van der Waals surface area contributed by atoms with E-state index < -0.39 is 5.56 Å². The summed E-state index contributed by atoms with van der Waals surface area (Å²) >= 11 is 0. The quantitative estimate of drug-likeness (QED) is 0.247. The molecule has 2 aliphatic heterocycles. The third-order valence-electron chi connectivity index (χ3n) is 7.31. The number of fused-ring (bicyclic) bond motifs is 4. The number of pyridine rings is 3. The fourth-order valence-electron chi connectivity index (χ4n) is 5.40. The summed E-state index contributed by atoms with van der Waals surface area (Å²) in [5.41, 5.74) is 16.3. The van der Waals surface area contributed by atoms with E-state index in [4.69, 9.17) is 21.3 Å². The second-order valence-electron chi connectivity index (χ2n) is 9.74. The second kappa shape index (κ2) is 9.43. The molecule has 0 fully saturated rings. The molecule has 0 saturated carbocycles. The van der Waals surface area contributed by atoms with E-state index in [9.17, 15) is 10.1 Å². The average Bonchev–Trinajstić information content (AvgIpc) is 3.00. The summed E-state index contributed by atoms with van der Waals surface area (Å²) in [6.07, 6.45) is 0. The fourth-order valence-corrected chi connectivity index (χ4v) is 5.40. The summed E-state index contributed by atoms with van der Waals surface area (Å²) in [5, 5.41) is 19.4. The highest BCUT2D eigenvalue weighted by Gasteiger charge is 2.28.